The van der Waals surface area contributed by atoms with E-state index in [2.05, 4.69) is 4.74 Å². The van der Waals surface area contributed by atoms with Crippen molar-refractivity contribution in [2.45, 2.75) is 0 Å². The number of methoxy groups -OCH3 is 1. The highest BCUT2D eigenvalue weighted by molar-refractivity contribution is 8.19. The molecule has 2 aromatic carbocycles. The van der Waals surface area contributed by atoms with Crippen LogP contribution in [0.5, 0.6) is 11.5 Å². The molecule has 2 aromatic rings. The lowest BCUT2D eigenvalue weighted by Crippen LogP contribution is -2.28. The molecule has 136 valence electrons. The maximum Gasteiger partial charge on any atom is 0.337 e. The summed E-state index contributed by atoms with van der Waals surface area (Å²) in [5.74, 6) is 0.456. The molecule has 0 radical (unpaired) electrons. The van der Waals surface area contributed by atoms with E-state index in [1.165, 1.54) is 12.0 Å². The molecule has 27 heavy (non-hydrogen) atoms. The van der Waals surface area contributed by atoms with E-state index >= 15 is 0 Å². The number of hydrogen-bond donors (Lipinski definition) is 1. The van der Waals surface area contributed by atoms with Gasteiger partial charge >= 0.3 is 5.97 Å². The summed E-state index contributed by atoms with van der Waals surface area (Å²) in [6.07, 6.45) is 1.69. The number of nitrogens with zero attached hydrogens (tertiary/aromatic N) is 1. The van der Waals surface area contributed by atoms with Crippen molar-refractivity contribution in [2.75, 3.05) is 18.8 Å². The van der Waals surface area contributed by atoms with Crippen molar-refractivity contribution >= 4 is 40.6 Å². The number of esters is 1. The van der Waals surface area contributed by atoms with Gasteiger partial charge in [0.1, 0.15) is 0 Å². The van der Waals surface area contributed by atoms with Crippen LogP contribution in [0.1, 0.15) is 15.9 Å². The zero-order chi connectivity index (χ0) is 19.0. The molecule has 8 heteroatoms. The Morgan fingerprint density at radius 2 is 1.93 bits per heavy atom. The van der Waals surface area contributed by atoms with Gasteiger partial charge in [-0.15, -0.1) is 0 Å². The first kappa shape index (κ1) is 17.2. The number of amidine groups is 1. The van der Waals surface area contributed by atoms with Gasteiger partial charge in [0.25, 0.3) is 5.91 Å². The van der Waals surface area contributed by atoms with Gasteiger partial charge in [0, 0.05) is 6.07 Å². The molecule has 0 bridgehead atoms. The van der Waals surface area contributed by atoms with Crippen molar-refractivity contribution < 1.29 is 23.8 Å². The van der Waals surface area contributed by atoms with Crippen LogP contribution in [0.3, 0.4) is 0 Å². The van der Waals surface area contributed by atoms with E-state index in [9.17, 15) is 9.59 Å². The molecule has 2 aliphatic rings. The third-order valence-electron chi connectivity index (χ3n) is 4.07. The average Bonchev–Trinajstić information content (AvgIpc) is 3.25. The molecule has 0 atom stereocenters. The lowest BCUT2D eigenvalue weighted by atomic mass is 10.1. The van der Waals surface area contributed by atoms with Gasteiger partial charge in [0.05, 0.1) is 23.3 Å². The Morgan fingerprint density at radius 1 is 1.19 bits per heavy atom. The molecule has 0 unspecified atom stereocenters. The first-order chi connectivity index (χ1) is 13.1. The van der Waals surface area contributed by atoms with E-state index in [0.29, 0.717) is 27.7 Å². The fourth-order valence-electron chi connectivity index (χ4n) is 2.73. The van der Waals surface area contributed by atoms with Crippen molar-refractivity contribution in [3.05, 3.63) is 58.5 Å². The molecule has 1 saturated heterocycles. The second-order valence-corrected chi connectivity index (χ2v) is 6.74. The Labute approximate surface area is 159 Å². The fraction of sp³-hybridized carbons (Fsp3) is 0.105. The Kier molecular flexibility index (Phi) is 4.33. The van der Waals surface area contributed by atoms with Crippen molar-refractivity contribution in [2.24, 2.45) is 0 Å². The lowest BCUT2D eigenvalue weighted by Gasteiger charge is -2.14. The number of nitrogens with one attached hydrogen (secondary N) is 1. The van der Waals surface area contributed by atoms with E-state index in [1.54, 1.807) is 48.5 Å². The smallest absolute Gasteiger partial charge is 0.337 e. The number of rotatable bonds is 3. The largest absolute Gasteiger partial charge is 0.465 e. The van der Waals surface area contributed by atoms with Crippen molar-refractivity contribution in [1.29, 1.82) is 5.41 Å². The summed E-state index contributed by atoms with van der Waals surface area (Å²) >= 11 is 1.08. The van der Waals surface area contributed by atoms with Crippen LogP contribution in [-0.4, -0.2) is 30.9 Å². The SMILES string of the molecule is COC(=O)c1ccc(/C=C2\SC(=N)N(c3ccc4c(c3)OCO4)C2=O)cc1. The molecule has 1 fully saturated rings. The number of anilines is 1. The molecule has 2 heterocycles. The highest BCUT2D eigenvalue weighted by atomic mass is 32.2. The monoisotopic (exact) mass is 382 g/mol. The number of amides is 1. The van der Waals surface area contributed by atoms with Crippen LogP contribution in [0, 0.1) is 5.41 Å². The summed E-state index contributed by atoms with van der Waals surface area (Å²) in [5, 5.41) is 8.28. The Morgan fingerprint density at radius 3 is 2.67 bits per heavy atom. The molecule has 0 aliphatic carbocycles. The van der Waals surface area contributed by atoms with Gasteiger partial charge in [-0.2, -0.15) is 0 Å². The maximum atomic E-state index is 12.8. The Hall–Kier alpha value is -3.26. The third kappa shape index (κ3) is 3.15. The molecule has 2 aliphatic heterocycles. The molecular formula is C19H14N2O5S. The van der Waals surface area contributed by atoms with Crippen LogP contribution in [0.25, 0.3) is 6.08 Å². The van der Waals surface area contributed by atoms with Crippen LogP contribution >= 0.6 is 11.8 Å². The van der Waals surface area contributed by atoms with Gasteiger partial charge in [-0.3, -0.25) is 15.1 Å². The summed E-state index contributed by atoms with van der Waals surface area (Å²) in [7, 11) is 1.32. The first-order valence-corrected chi connectivity index (χ1v) is 8.79. The Balaban J connectivity index is 1.59. The van der Waals surface area contributed by atoms with Crippen LogP contribution < -0.4 is 14.4 Å². The first-order valence-electron chi connectivity index (χ1n) is 7.97. The zero-order valence-corrected chi connectivity index (χ0v) is 15.0. The minimum atomic E-state index is -0.420. The van der Waals surface area contributed by atoms with E-state index in [-0.39, 0.29) is 17.9 Å². The van der Waals surface area contributed by atoms with E-state index in [4.69, 9.17) is 14.9 Å². The van der Waals surface area contributed by atoms with Crippen molar-refractivity contribution in [1.82, 2.24) is 0 Å². The summed E-state index contributed by atoms with van der Waals surface area (Å²) in [6, 6.07) is 11.8. The molecule has 0 saturated carbocycles. The zero-order valence-electron chi connectivity index (χ0n) is 14.2. The van der Waals surface area contributed by atoms with E-state index < -0.39 is 5.97 Å². The highest BCUT2D eigenvalue weighted by Gasteiger charge is 2.34. The van der Waals surface area contributed by atoms with Gasteiger partial charge in [-0.05, 0) is 47.7 Å². The van der Waals surface area contributed by atoms with Gasteiger partial charge in [0.2, 0.25) is 6.79 Å². The van der Waals surface area contributed by atoms with Gasteiger partial charge in [-0.1, -0.05) is 12.1 Å². The van der Waals surface area contributed by atoms with Crippen LogP contribution in [0.15, 0.2) is 47.4 Å². The number of thioether (sulfide) groups is 1. The number of carbonyl (C=O) groups is 2. The van der Waals surface area contributed by atoms with Crippen LogP contribution in [-0.2, 0) is 9.53 Å². The second-order valence-electron chi connectivity index (χ2n) is 5.71. The normalized spacial score (nSPS) is 16.9. The molecule has 0 spiro atoms. The van der Waals surface area contributed by atoms with Crippen LogP contribution in [0.2, 0.25) is 0 Å². The quantitative estimate of drug-likeness (QED) is 0.647. The molecule has 0 aromatic heterocycles. The molecule has 7 nitrogen and oxygen atoms in total. The predicted octanol–water partition coefficient (Wildman–Crippen LogP) is 3.26. The fourth-order valence-corrected chi connectivity index (χ4v) is 3.59. The van der Waals surface area contributed by atoms with Gasteiger partial charge < -0.3 is 14.2 Å². The summed E-state index contributed by atoms with van der Waals surface area (Å²) in [4.78, 5) is 26.0. The molecular weight excluding hydrogens is 368 g/mol. The standard InChI is InChI=1S/C19H14N2O5S/c1-24-18(23)12-4-2-11(3-5-12)8-16-17(22)21(19(20)27-16)13-6-7-14-15(9-13)26-10-25-14/h2-9,20H,10H2,1H3/b16-8-,20-19?. The summed E-state index contributed by atoms with van der Waals surface area (Å²) in [5.41, 5.74) is 1.73. The summed E-state index contributed by atoms with van der Waals surface area (Å²) < 4.78 is 15.3. The van der Waals surface area contributed by atoms with Gasteiger partial charge in [-0.25, -0.2) is 4.79 Å². The Bertz CT molecular complexity index is 984. The number of ether oxygens (including phenoxy) is 3. The van der Waals surface area contributed by atoms with Crippen molar-refractivity contribution in [3.63, 3.8) is 0 Å². The van der Waals surface area contributed by atoms with E-state index in [1.807, 2.05) is 0 Å². The molecule has 4 rings (SSSR count). The molecule has 1 amide bonds. The van der Waals surface area contributed by atoms with E-state index in [0.717, 1.165) is 17.3 Å². The lowest BCUT2D eigenvalue weighted by molar-refractivity contribution is -0.113. The second kappa shape index (κ2) is 6.81. The van der Waals surface area contributed by atoms with Crippen LogP contribution in [0.4, 0.5) is 5.69 Å². The van der Waals surface area contributed by atoms with Gasteiger partial charge in [0.15, 0.2) is 16.7 Å². The molecule has 1 N–H and O–H groups in total. The number of fused-ring (bicyclic) bond motifs is 1. The highest BCUT2D eigenvalue weighted by Crippen LogP contribution is 2.40. The van der Waals surface area contributed by atoms with Crippen molar-refractivity contribution in [3.8, 4) is 11.5 Å². The third-order valence-corrected chi connectivity index (χ3v) is 4.96. The minimum absolute atomic E-state index is 0.108. The topological polar surface area (TPSA) is 88.9 Å². The number of carbonyl (C=O) groups excluding carboxylic acids is 2. The maximum absolute atomic E-state index is 12.8. The minimum Gasteiger partial charge on any atom is -0.465 e. The average molecular weight is 382 g/mol. The number of benzene rings is 2. The predicted molar refractivity (Wildman–Crippen MR) is 101 cm³/mol. The summed E-state index contributed by atoms with van der Waals surface area (Å²) in [6.45, 7) is 0.144. The number of hydrogen-bond acceptors (Lipinski definition) is 7.